The number of esters is 1. The highest BCUT2D eigenvalue weighted by molar-refractivity contribution is 7.17. The van der Waals surface area contributed by atoms with Gasteiger partial charge in [0.2, 0.25) is 0 Å². The molecular weight excluding hydrogens is 572 g/mol. The van der Waals surface area contributed by atoms with Crippen LogP contribution in [0.3, 0.4) is 0 Å². The van der Waals surface area contributed by atoms with E-state index < -0.39 is 23.7 Å². The Kier molecular flexibility index (Phi) is 9.10. The number of fused-ring (bicyclic) bond motifs is 1. The largest absolute Gasteiger partial charge is 0.507 e. The van der Waals surface area contributed by atoms with Crippen molar-refractivity contribution in [3.8, 4) is 17.2 Å². The van der Waals surface area contributed by atoms with Crippen LogP contribution in [0.5, 0.6) is 17.2 Å². The second kappa shape index (κ2) is 13.1. The minimum absolute atomic E-state index is 0.0105. The zero-order valence-electron chi connectivity index (χ0n) is 24.0. The van der Waals surface area contributed by atoms with Crippen molar-refractivity contribution in [3.05, 3.63) is 82.4 Å². The molecule has 0 bridgehead atoms. The number of Topliss-reactive ketones (excluding diaryl/α,β-unsaturated/α-hetero) is 1. The first-order valence-electron chi connectivity index (χ1n) is 14.0. The van der Waals surface area contributed by atoms with E-state index in [0.717, 1.165) is 30.6 Å². The van der Waals surface area contributed by atoms with Gasteiger partial charge in [0.05, 0.1) is 23.9 Å². The summed E-state index contributed by atoms with van der Waals surface area (Å²) in [5.74, 6) is -1.29. The van der Waals surface area contributed by atoms with Gasteiger partial charge in [0, 0.05) is 5.56 Å². The fraction of sp³-hybridized carbons (Fsp3) is 0.312. The summed E-state index contributed by atoms with van der Waals surface area (Å²) < 4.78 is 22.4. The molecule has 0 aliphatic carbocycles. The Hall–Kier alpha value is -4.64. The predicted molar refractivity (Wildman–Crippen MR) is 161 cm³/mol. The van der Waals surface area contributed by atoms with Crippen LogP contribution in [-0.4, -0.2) is 54.2 Å². The SMILES string of the molecule is C=CCOC(=O)c1sc(N2C(=O)C(=O)/C(=C(\O)c3ccc4c(c3)OCCO4)C2c2cccc(OCCCCC)c2)nc1C. The number of nitrogens with zero attached hydrogens (tertiary/aromatic N) is 2. The Morgan fingerprint density at radius 2 is 1.95 bits per heavy atom. The number of anilines is 1. The van der Waals surface area contributed by atoms with E-state index in [9.17, 15) is 19.5 Å². The number of thiazole rings is 1. The number of rotatable bonds is 11. The molecule has 1 unspecified atom stereocenters. The molecule has 0 radical (unpaired) electrons. The van der Waals surface area contributed by atoms with Crippen LogP contribution in [0, 0.1) is 6.92 Å². The zero-order chi connectivity index (χ0) is 30.5. The molecule has 43 heavy (non-hydrogen) atoms. The molecule has 1 atom stereocenters. The van der Waals surface area contributed by atoms with Crippen LogP contribution in [0.4, 0.5) is 5.13 Å². The molecule has 3 aromatic rings. The highest BCUT2D eigenvalue weighted by atomic mass is 32.1. The summed E-state index contributed by atoms with van der Waals surface area (Å²) in [6, 6.07) is 10.8. The average molecular weight is 605 g/mol. The van der Waals surface area contributed by atoms with Crippen molar-refractivity contribution in [1.82, 2.24) is 4.98 Å². The van der Waals surface area contributed by atoms with E-state index in [1.807, 2.05) is 0 Å². The summed E-state index contributed by atoms with van der Waals surface area (Å²) in [4.78, 5) is 45.8. The van der Waals surface area contributed by atoms with Crippen LogP contribution >= 0.6 is 11.3 Å². The van der Waals surface area contributed by atoms with Crippen LogP contribution in [-0.2, 0) is 14.3 Å². The molecule has 224 valence electrons. The highest BCUT2D eigenvalue weighted by Gasteiger charge is 2.48. The van der Waals surface area contributed by atoms with Crippen molar-refractivity contribution in [2.75, 3.05) is 31.3 Å². The Morgan fingerprint density at radius 1 is 1.16 bits per heavy atom. The fourth-order valence-electron chi connectivity index (χ4n) is 4.88. The number of ether oxygens (including phenoxy) is 4. The fourth-order valence-corrected chi connectivity index (χ4v) is 5.87. The Balaban J connectivity index is 1.61. The summed E-state index contributed by atoms with van der Waals surface area (Å²) >= 11 is 0.932. The lowest BCUT2D eigenvalue weighted by Gasteiger charge is -2.24. The summed E-state index contributed by atoms with van der Waals surface area (Å²) in [6.07, 6.45) is 4.40. The summed E-state index contributed by atoms with van der Waals surface area (Å²) in [5.41, 5.74) is 1.01. The third kappa shape index (κ3) is 6.12. The molecule has 1 fully saturated rings. The maximum absolute atomic E-state index is 13.7. The van der Waals surface area contributed by atoms with Gasteiger partial charge in [0.1, 0.15) is 36.2 Å². The van der Waals surface area contributed by atoms with E-state index in [1.54, 1.807) is 49.4 Å². The summed E-state index contributed by atoms with van der Waals surface area (Å²) in [6.45, 7) is 8.54. The second-order valence-corrected chi connectivity index (χ2v) is 10.9. The summed E-state index contributed by atoms with van der Waals surface area (Å²) in [5, 5.41) is 11.7. The van der Waals surface area contributed by atoms with Crippen LogP contribution in [0.25, 0.3) is 5.76 Å². The van der Waals surface area contributed by atoms with Crippen molar-refractivity contribution in [2.24, 2.45) is 0 Å². The van der Waals surface area contributed by atoms with Gasteiger partial charge >= 0.3 is 11.9 Å². The van der Waals surface area contributed by atoms with E-state index in [4.69, 9.17) is 18.9 Å². The molecule has 11 heteroatoms. The average Bonchev–Trinajstić information content (AvgIpc) is 3.53. The number of aliphatic hydroxyl groups excluding tert-OH is 1. The predicted octanol–water partition coefficient (Wildman–Crippen LogP) is 5.76. The van der Waals surface area contributed by atoms with E-state index in [1.165, 1.54) is 11.0 Å². The van der Waals surface area contributed by atoms with Crippen molar-refractivity contribution < 1.29 is 38.4 Å². The number of carbonyl (C=O) groups excluding carboxylic acids is 3. The Morgan fingerprint density at radius 3 is 2.72 bits per heavy atom. The van der Waals surface area contributed by atoms with Gasteiger partial charge < -0.3 is 24.1 Å². The van der Waals surface area contributed by atoms with Crippen LogP contribution < -0.4 is 19.1 Å². The Bertz CT molecular complexity index is 1590. The van der Waals surface area contributed by atoms with Crippen LogP contribution in [0.15, 0.2) is 60.7 Å². The summed E-state index contributed by atoms with van der Waals surface area (Å²) in [7, 11) is 0. The zero-order valence-corrected chi connectivity index (χ0v) is 24.8. The minimum Gasteiger partial charge on any atom is -0.507 e. The first kappa shape index (κ1) is 29.8. The van der Waals surface area contributed by atoms with Gasteiger partial charge in [-0.05, 0) is 49.2 Å². The lowest BCUT2D eigenvalue weighted by atomic mass is 9.95. The number of aliphatic hydroxyl groups is 1. The molecule has 2 aliphatic heterocycles. The van der Waals surface area contributed by atoms with Crippen LogP contribution in [0.1, 0.15) is 58.7 Å². The molecule has 3 heterocycles. The number of unbranched alkanes of at least 4 members (excludes halogenated alkanes) is 2. The Labute approximate surface area is 253 Å². The van der Waals surface area contributed by atoms with Gasteiger partial charge in [-0.25, -0.2) is 9.78 Å². The molecule has 10 nitrogen and oxygen atoms in total. The first-order chi connectivity index (χ1) is 20.8. The lowest BCUT2D eigenvalue weighted by Crippen LogP contribution is -2.29. The van der Waals surface area contributed by atoms with Gasteiger partial charge in [-0.2, -0.15) is 0 Å². The standard InChI is InChI=1S/C32H32N2O8S/c1-4-6-7-14-39-22-10-8-9-20(17-22)26-25(27(35)21-11-12-23-24(18-21)41-16-15-40-23)28(36)30(37)34(26)32-33-19(3)29(43-32)31(38)42-13-5-2/h5,8-12,17-18,26,35H,2,4,6-7,13-16H2,1,3H3/b27-25-. The molecule has 1 saturated heterocycles. The van der Waals surface area contributed by atoms with E-state index >= 15 is 0 Å². The molecule has 0 saturated carbocycles. The molecule has 2 aliphatic rings. The quantitative estimate of drug-likeness (QED) is 0.0726. The molecule has 1 N–H and O–H groups in total. The van der Waals surface area contributed by atoms with Gasteiger partial charge in [0.15, 0.2) is 16.6 Å². The van der Waals surface area contributed by atoms with Crippen molar-refractivity contribution >= 4 is 39.9 Å². The normalized spacial score (nSPS) is 17.2. The second-order valence-electron chi connectivity index (χ2n) is 9.95. The minimum atomic E-state index is -1.06. The molecular formula is C32H32N2O8S. The number of aryl methyl sites for hydroxylation is 1. The van der Waals surface area contributed by atoms with Gasteiger partial charge in [0.25, 0.3) is 5.78 Å². The number of aromatic nitrogens is 1. The molecule has 2 aromatic carbocycles. The van der Waals surface area contributed by atoms with Gasteiger partial charge in [-0.15, -0.1) is 0 Å². The number of ketones is 1. The number of carbonyl (C=O) groups is 3. The number of amides is 1. The molecule has 5 rings (SSSR count). The van der Waals surface area contributed by atoms with Gasteiger partial charge in [-0.3, -0.25) is 14.5 Å². The number of hydrogen-bond donors (Lipinski definition) is 1. The van der Waals surface area contributed by atoms with E-state index in [2.05, 4.69) is 18.5 Å². The monoisotopic (exact) mass is 604 g/mol. The lowest BCUT2D eigenvalue weighted by molar-refractivity contribution is -0.132. The number of hydrogen-bond acceptors (Lipinski definition) is 10. The van der Waals surface area contributed by atoms with Crippen LogP contribution in [0.2, 0.25) is 0 Å². The number of benzene rings is 2. The van der Waals surface area contributed by atoms with Gasteiger partial charge in [-0.1, -0.05) is 55.9 Å². The maximum Gasteiger partial charge on any atom is 0.350 e. The van der Waals surface area contributed by atoms with E-state index in [0.29, 0.717) is 48.3 Å². The van der Waals surface area contributed by atoms with Crippen molar-refractivity contribution in [1.29, 1.82) is 0 Å². The third-order valence-electron chi connectivity index (χ3n) is 6.96. The van der Waals surface area contributed by atoms with Crippen molar-refractivity contribution in [2.45, 2.75) is 39.2 Å². The molecule has 1 aromatic heterocycles. The first-order valence-corrected chi connectivity index (χ1v) is 14.8. The maximum atomic E-state index is 13.7. The topological polar surface area (TPSA) is 124 Å². The third-order valence-corrected chi connectivity index (χ3v) is 8.10. The van der Waals surface area contributed by atoms with E-state index in [-0.39, 0.29) is 33.5 Å². The molecule has 0 spiro atoms. The molecule has 1 amide bonds. The smallest absolute Gasteiger partial charge is 0.350 e. The highest BCUT2D eigenvalue weighted by Crippen LogP contribution is 2.45. The van der Waals surface area contributed by atoms with Crippen molar-refractivity contribution in [3.63, 3.8) is 0 Å².